The number of hydrogen-bond acceptors (Lipinski definition) is 6. The zero-order valence-electron chi connectivity index (χ0n) is 23.4. The molecule has 3 aromatic rings. The fourth-order valence-corrected chi connectivity index (χ4v) is 3.58. The predicted octanol–water partition coefficient (Wildman–Crippen LogP) is 4.91. The topological polar surface area (TPSA) is 129 Å². The Morgan fingerprint density at radius 3 is 1.77 bits per heavy atom. The fourth-order valence-electron chi connectivity index (χ4n) is 3.58. The maximum atomic E-state index is 11.7. The molecule has 0 bridgehead atoms. The minimum absolute atomic E-state index is 0.128. The number of benzene rings is 3. The van der Waals surface area contributed by atoms with Gasteiger partial charge in [-0.05, 0) is 50.8 Å². The lowest BCUT2D eigenvalue weighted by Gasteiger charge is -2.28. The van der Waals surface area contributed by atoms with Gasteiger partial charge in [-0.1, -0.05) is 91.0 Å². The number of hydrogen-bond donors (Lipinski definition) is 4. The number of ether oxygens (including phenoxy) is 2. The SMILES string of the molecule is CC(C)(C)OC(=O)N[C@@](C)(N)Cc1ccccc1.N[C@@H](CNC(=O)OCc1ccccc1)Cc1ccccc1. The number of alkyl carbamates (subject to hydrolysis) is 2. The summed E-state index contributed by atoms with van der Waals surface area (Å²) in [6.07, 6.45) is 0.332. The van der Waals surface area contributed by atoms with Gasteiger partial charge in [0.25, 0.3) is 0 Å². The summed E-state index contributed by atoms with van der Waals surface area (Å²) in [7, 11) is 0. The Balaban J connectivity index is 0.000000277. The second-order valence-electron chi connectivity index (χ2n) is 10.6. The molecule has 3 rings (SSSR count). The average Bonchev–Trinajstić information content (AvgIpc) is 2.86. The van der Waals surface area contributed by atoms with Gasteiger partial charge in [0, 0.05) is 19.0 Å². The van der Waals surface area contributed by atoms with E-state index in [4.69, 9.17) is 20.9 Å². The molecule has 0 aliphatic rings. The van der Waals surface area contributed by atoms with Crippen LogP contribution < -0.4 is 22.1 Å². The van der Waals surface area contributed by atoms with E-state index in [1.54, 1.807) is 6.92 Å². The van der Waals surface area contributed by atoms with E-state index < -0.39 is 23.5 Å². The summed E-state index contributed by atoms with van der Waals surface area (Å²) in [6.45, 7) is 7.87. The molecule has 210 valence electrons. The van der Waals surface area contributed by atoms with E-state index in [0.717, 1.165) is 23.1 Å². The van der Waals surface area contributed by atoms with Crippen LogP contribution in [0.25, 0.3) is 0 Å². The zero-order chi connectivity index (χ0) is 28.7. The largest absolute Gasteiger partial charge is 0.445 e. The van der Waals surface area contributed by atoms with Crippen LogP contribution in [0.15, 0.2) is 91.0 Å². The van der Waals surface area contributed by atoms with Gasteiger partial charge >= 0.3 is 12.2 Å². The molecule has 2 amide bonds. The molecule has 8 nitrogen and oxygen atoms in total. The lowest BCUT2D eigenvalue weighted by molar-refractivity contribution is 0.0466. The molecule has 0 saturated heterocycles. The Kier molecular flexibility index (Phi) is 12.5. The second kappa shape index (κ2) is 15.5. The Bertz CT molecular complexity index is 1120. The van der Waals surface area contributed by atoms with Crippen molar-refractivity contribution in [2.75, 3.05) is 6.54 Å². The highest BCUT2D eigenvalue weighted by Gasteiger charge is 2.25. The van der Waals surface area contributed by atoms with Gasteiger partial charge < -0.3 is 31.6 Å². The first-order valence-electron chi connectivity index (χ1n) is 13.0. The number of carbonyl (C=O) groups is 2. The Labute approximate surface area is 232 Å². The van der Waals surface area contributed by atoms with Gasteiger partial charge in [0.05, 0.1) is 5.66 Å². The Morgan fingerprint density at radius 1 is 0.769 bits per heavy atom. The van der Waals surface area contributed by atoms with E-state index in [1.165, 1.54) is 0 Å². The van der Waals surface area contributed by atoms with Crippen molar-refractivity contribution in [2.24, 2.45) is 11.5 Å². The standard InChI is InChI=1S/C17H20N2O2.C14H22N2O2/c18-16(11-14-7-3-1-4-8-14)12-19-17(20)21-13-15-9-5-2-6-10-15;1-13(2,3)18-12(17)16-14(4,15)10-11-8-6-5-7-9-11/h1-10,16H,11-13,18H2,(H,19,20);5-9H,10,15H2,1-4H3,(H,16,17)/t16-;14-/m11/s1. The van der Waals surface area contributed by atoms with Crippen LogP contribution >= 0.6 is 0 Å². The molecule has 0 saturated carbocycles. The van der Waals surface area contributed by atoms with E-state index in [-0.39, 0.29) is 12.6 Å². The number of carbonyl (C=O) groups excluding carboxylic acids is 2. The van der Waals surface area contributed by atoms with Crippen molar-refractivity contribution in [3.05, 3.63) is 108 Å². The van der Waals surface area contributed by atoms with Gasteiger partial charge in [-0.2, -0.15) is 0 Å². The minimum atomic E-state index is -0.830. The van der Waals surface area contributed by atoms with Crippen LogP contribution in [0.5, 0.6) is 0 Å². The van der Waals surface area contributed by atoms with Gasteiger partial charge in [0.1, 0.15) is 12.2 Å². The van der Waals surface area contributed by atoms with Gasteiger partial charge in [0.2, 0.25) is 0 Å². The number of rotatable bonds is 9. The first kappa shape index (κ1) is 31.3. The molecular formula is C31H42N4O4. The summed E-state index contributed by atoms with van der Waals surface area (Å²) in [5.41, 5.74) is 13.9. The van der Waals surface area contributed by atoms with E-state index >= 15 is 0 Å². The van der Waals surface area contributed by atoms with E-state index in [9.17, 15) is 9.59 Å². The average molecular weight is 535 g/mol. The van der Waals surface area contributed by atoms with Gasteiger partial charge in [-0.3, -0.25) is 0 Å². The molecular weight excluding hydrogens is 492 g/mol. The molecule has 0 radical (unpaired) electrons. The fraction of sp³-hybridized carbons (Fsp3) is 0.355. The molecule has 6 N–H and O–H groups in total. The summed E-state index contributed by atoms with van der Waals surface area (Å²) in [5, 5.41) is 5.36. The third kappa shape index (κ3) is 14.6. The van der Waals surface area contributed by atoms with Crippen molar-refractivity contribution in [2.45, 2.75) is 64.4 Å². The van der Waals surface area contributed by atoms with Crippen LogP contribution in [0.1, 0.15) is 44.4 Å². The molecule has 0 heterocycles. The molecule has 0 unspecified atom stereocenters. The van der Waals surface area contributed by atoms with E-state index in [0.29, 0.717) is 13.0 Å². The van der Waals surface area contributed by atoms with Crippen molar-refractivity contribution in [1.29, 1.82) is 0 Å². The number of amides is 2. The lowest BCUT2D eigenvalue weighted by Crippen LogP contribution is -2.56. The monoisotopic (exact) mass is 534 g/mol. The normalized spacial score (nSPS) is 13.1. The molecule has 0 fully saturated rings. The van der Waals surface area contributed by atoms with Crippen LogP contribution in [0.3, 0.4) is 0 Å². The minimum Gasteiger partial charge on any atom is -0.445 e. The van der Waals surface area contributed by atoms with Crippen LogP contribution in [0.4, 0.5) is 9.59 Å². The highest BCUT2D eigenvalue weighted by molar-refractivity contribution is 5.68. The summed E-state index contributed by atoms with van der Waals surface area (Å²) < 4.78 is 10.3. The third-order valence-electron chi connectivity index (χ3n) is 5.26. The Hall–Kier alpha value is -3.88. The second-order valence-corrected chi connectivity index (χ2v) is 10.6. The van der Waals surface area contributed by atoms with Crippen LogP contribution in [0, 0.1) is 0 Å². The van der Waals surface area contributed by atoms with Crippen LogP contribution in [0.2, 0.25) is 0 Å². The van der Waals surface area contributed by atoms with E-state index in [2.05, 4.69) is 10.6 Å². The van der Waals surface area contributed by atoms with Gasteiger partial charge in [0.15, 0.2) is 0 Å². The summed E-state index contributed by atoms with van der Waals surface area (Å²) in [5.74, 6) is 0. The van der Waals surface area contributed by atoms with E-state index in [1.807, 2.05) is 112 Å². The first-order chi connectivity index (χ1) is 18.4. The summed E-state index contributed by atoms with van der Waals surface area (Å²) in [6, 6.07) is 29.2. The van der Waals surface area contributed by atoms with Crippen molar-refractivity contribution >= 4 is 12.2 Å². The highest BCUT2D eigenvalue weighted by Crippen LogP contribution is 2.11. The molecule has 0 aliphatic carbocycles. The van der Waals surface area contributed by atoms with Gasteiger partial charge in [-0.25, -0.2) is 9.59 Å². The van der Waals surface area contributed by atoms with Crippen molar-refractivity contribution in [3.8, 4) is 0 Å². The third-order valence-corrected chi connectivity index (χ3v) is 5.26. The van der Waals surface area contributed by atoms with Crippen molar-refractivity contribution in [3.63, 3.8) is 0 Å². The summed E-state index contributed by atoms with van der Waals surface area (Å²) in [4.78, 5) is 23.2. The molecule has 39 heavy (non-hydrogen) atoms. The Morgan fingerprint density at radius 2 is 1.26 bits per heavy atom. The van der Waals surface area contributed by atoms with Crippen LogP contribution in [-0.2, 0) is 28.9 Å². The number of nitrogens with two attached hydrogens (primary N) is 2. The van der Waals surface area contributed by atoms with Gasteiger partial charge in [-0.15, -0.1) is 0 Å². The smallest absolute Gasteiger partial charge is 0.409 e. The maximum absolute atomic E-state index is 11.7. The van der Waals surface area contributed by atoms with Crippen molar-refractivity contribution in [1.82, 2.24) is 10.6 Å². The predicted molar refractivity (Wildman–Crippen MR) is 155 cm³/mol. The summed E-state index contributed by atoms with van der Waals surface area (Å²) >= 11 is 0. The lowest BCUT2D eigenvalue weighted by atomic mass is 10.0. The number of nitrogens with one attached hydrogen (secondary N) is 2. The molecule has 3 aromatic carbocycles. The zero-order valence-corrected chi connectivity index (χ0v) is 23.4. The molecule has 0 aliphatic heterocycles. The molecule has 0 aromatic heterocycles. The molecule has 8 heteroatoms. The molecule has 2 atom stereocenters. The maximum Gasteiger partial charge on any atom is 0.409 e. The molecule has 0 spiro atoms. The quantitative estimate of drug-likeness (QED) is 0.289. The van der Waals surface area contributed by atoms with Crippen LogP contribution in [-0.4, -0.2) is 36.0 Å². The van der Waals surface area contributed by atoms with Crippen molar-refractivity contribution < 1.29 is 19.1 Å². The first-order valence-corrected chi connectivity index (χ1v) is 13.0. The highest BCUT2D eigenvalue weighted by atomic mass is 16.6.